The fourth-order valence-electron chi connectivity index (χ4n) is 2.66. The van der Waals surface area contributed by atoms with Crippen LogP contribution >= 0.6 is 22.6 Å². The van der Waals surface area contributed by atoms with E-state index in [1.165, 1.54) is 0 Å². The van der Waals surface area contributed by atoms with Crippen molar-refractivity contribution in [2.24, 2.45) is 0 Å². The molecule has 2 aromatic carbocycles. The molecule has 0 bridgehead atoms. The van der Waals surface area contributed by atoms with Crippen molar-refractivity contribution < 1.29 is 14.3 Å². The summed E-state index contributed by atoms with van der Waals surface area (Å²) in [4.78, 5) is 27.0. The lowest BCUT2D eigenvalue weighted by atomic mass is 10.1. The van der Waals surface area contributed by atoms with Crippen LogP contribution in [0.1, 0.15) is 32.3 Å². The summed E-state index contributed by atoms with van der Waals surface area (Å²) in [7, 11) is 0. The Hall–Kier alpha value is -2.09. The number of carbonyl (C=O) groups is 2. The standard InChI is InChI=1S/C22H27IN2O3/c1-3-4-14-24-22(27)17(2)25(15-18-8-6-5-7-9-18)21(26)16-28-20-12-10-19(23)11-13-20/h5-13,17H,3-4,14-16H2,1-2H3,(H,24,27)/t17-/m0/s1. The highest BCUT2D eigenvalue weighted by molar-refractivity contribution is 14.1. The molecule has 2 aromatic rings. The number of carbonyl (C=O) groups excluding carboxylic acids is 2. The number of halogens is 1. The molecule has 6 heteroatoms. The predicted molar refractivity (Wildman–Crippen MR) is 119 cm³/mol. The smallest absolute Gasteiger partial charge is 0.261 e. The monoisotopic (exact) mass is 494 g/mol. The quantitative estimate of drug-likeness (QED) is 0.401. The van der Waals surface area contributed by atoms with Crippen molar-refractivity contribution in [1.29, 1.82) is 0 Å². The number of hydrogen-bond donors (Lipinski definition) is 1. The Balaban J connectivity index is 2.06. The molecule has 0 spiro atoms. The topological polar surface area (TPSA) is 58.6 Å². The number of unbranched alkanes of at least 4 members (excludes halogenated alkanes) is 1. The van der Waals surface area contributed by atoms with Crippen molar-refractivity contribution in [3.63, 3.8) is 0 Å². The second kappa shape index (κ2) is 11.7. The molecule has 2 rings (SSSR count). The van der Waals surface area contributed by atoms with E-state index in [1.54, 1.807) is 11.8 Å². The van der Waals surface area contributed by atoms with Gasteiger partial charge in [-0.3, -0.25) is 9.59 Å². The molecular formula is C22H27IN2O3. The summed E-state index contributed by atoms with van der Waals surface area (Å²) in [5, 5.41) is 2.91. The zero-order chi connectivity index (χ0) is 20.4. The Bertz CT molecular complexity index is 750. The van der Waals surface area contributed by atoms with Crippen LogP contribution in [-0.4, -0.2) is 35.9 Å². The van der Waals surface area contributed by atoms with E-state index in [1.807, 2.05) is 54.6 Å². The molecule has 2 amide bonds. The highest BCUT2D eigenvalue weighted by atomic mass is 127. The molecule has 1 N–H and O–H groups in total. The molecular weight excluding hydrogens is 467 g/mol. The Morgan fingerprint density at radius 1 is 1.11 bits per heavy atom. The minimum Gasteiger partial charge on any atom is -0.484 e. The maximum atomic E-state index is 12.9. The van der Waals surface area contributed by atoms with Gasteiger partial charge in [0.1, 0.15) is 11.8 Å². The minimum absolute atomic E-state index is 0.111. The van der Waals surface area contributed by atoms with Crippen molar-refractivity contribution in [3.8, 4) is 5.75 Å². The number of nitrogens with zero attached hydrogens (tertiary/aromatic N) is 1. The van der Waals surface area contributed by atoms with E-state index in [0.29, 0.717) is 18.8 Å². The first-order valence-corrected chi connectivity index (χ1v) is 10.6. The van der Waals surface area contributed by atoms with Gasteiger partial charge >= 0.3 is 0 Å². The number of rotatable bonds is 10. The summed E-state index contributed by atoms with van der Waals surface area (Å²) in [6.45, 7) is 4.69. The summed E-state index contributed by atoms with van der Waals surface area (Å²) >= 11 is 2.22. The average molecular weight is 494 g/mol. The van der Waals surface area contributed by atoms with Crippen LogP contribution in [0.4, 0.5) is 0 Å². The fraction of sp³-hybridized carbons (Fsp3) is 0.364. The summed E-state index contributed by atoms with van der Waals surface area (Å²) in [5.41, 5.74) is 0.971. The molecule has 0 saturated heterocycles. The third-order valence-corrected chi connectivity index (χ3v) is 5.09. The first kappa shape index (κ1) is 22.2. The Morgan fingerprint density at radius 3 is 2.43 bits per heavy atom. The van der Waals surface area contributed by atoms with Gasteiger partial charge in [0.25, 0.3) is 5.91 Å². The maximum Gasteiger partial charge on any atom is 0.261 e. The first-order valence-electron chi connectivity index (χ1n) is 9.50. The van der Waals surface area contributed by atoms with E-state index in [2.05, 4.69) is 34.8 Å². The van der Waals surface area contributed by atoms with E-state index >= 15 is 0 Å². The maximum absolute atomic E-state index is 12.9. The lowest BCUT2D eigenvalue weighted by Gasteiger charge is -2.28. The molecule has 5 nitrogen and oxygen atoms in total. The summed E-state index contributed by atoms with van der Waals surface area (Å²) in [6.07, 6.45) is 1.92. The molecule has 0 unspecified atom stereocenters. The Kier molecular flexibility index (Phi) is 9.27. The van der Waals surface area contributed by atoms with Crippen LogP contribution in [0.2, 0.25) is 0 Å². The van der Waals surface area contributed by atoms with Crippen LogP contribution < -0.4 is 10.1 Å². The van der Waals surface area contributed by atoms with Crippen molar-refractivity contribution in [2.75, 3.05) is 13.2 Å². The largest absolute Gasteiger partial charge is 0.484 e. The molecule has 1 atom stereocenters. The molecule has 0 fully saturated rings. The van der Waals surface area contributed by atoms with Gasteiger partial charge in [-0.05, 0) is 65.8 Å². The van der Waals surface area contributed by atoms with Gasteiger partial charge in [-0.15, -0.1) is 0 Å². The van der Waals surface area contributed by atoms with Crippen LogP contribution in [-0.2, 0) is 16.1 Å². The first-order chi connectivity index (χ1) is 13.5. The highest BCUT2D eigenvalue weighted by Crippen LogP contribution is 2.15. The third-order valence-electron chi connectivity index (χ3n) is 4.37. The lowest BCUT2D eigenvalue weighted by Crippen LogP contribution is -2.49. The van der Waals surface area contributed by atoms with Gasteiger partial charge in [-0.25, -0.2) is 0 Å². The van der Waals surface area contributed by atoms with Crippen LogP contribution in [0.5, 0.6) is 5.75 Å². The third kappa shape index (κ3) is 7.14. The molecule has 28 heavy (non-hydrogen) atoms. The fourth-order valence-corrected chi connectivity index (χ4v) is 3.02. The van der Waals surface area contributed by atoms with Gasteiger partial charge in [0.05, 0.1) is 0 Å². The van der Waals surface area contributed by atoms with Gasteiger partial charge in [-0.2, -0.15) is 0 Å². The summed E-state index contributed by atoms with van der Waals surface area (Å²) in [5.74, 6) is 0.265. The van der Waals surface area contributed by atoms with Gasteiger partial charge < -0.3 is 15.0 Å². The van der Waals surface area contributed by atoms with Crippen molar-refractivity contribution >= 4 is 34.4 Å². The number of hydrogen-bond acceptors (Lipinski definition) is 3. The minimum atomic E-state index is -0.579. The van der Waals surface area contributed by atoms with Crippen LogP contribution in [0.3, 0.4) is 0 Å². The van der Waals surface area contributed by atoms with Crippen LogP contribution in [0, 0.1) is 3.57 Å². The molecule has 0 radical (unpaired) electrons. The summed E-state index contributed by atoms with van der Waals surface area (Å²) in [6, 6.07) is 16.6. The molecule has 0 aliphatic rings. The normalized spacial score (nSPS) is 11.5. The number of amides is 2. The van der Waals surface area contributed by atoms with E-state index in [0.717, 1.165) is 22.0 Å². The van der Waals surface area contributed by atoms with Gasteiger partial charge in [0, 0.05) is 16.7 Å². The van der Waals surface area contributed by atoms with Crippen molar-refractivity contribution in [2.45, 2.75) is 39.3 Å². The van der Waals surface area contributed by atoms with Gasteiger partial charge in [-0.1, -0.05) is 43.7 Å². The zero-order valence-electron chi connectivity index (χ0n) is 16.4. The van der Waals surface area contributed by atoms with Gasteiger partial charge in [0.15, 0.2) is 6.61 Å². The second-order valence-electron chi connectivity index (χ2n) is 6.57. The molecule has 0 aliphatic heterocycles. The van der Waals surface area contributed by atoms with Crippen LogP contribution in [0.15, 0.2) is 54.6 Å². The SMILES string of the molecule is CCCCNC(=O)[C@H](C)N(Cc1ccccc1)C(=O)COc1ccc(I)cc1. The van der Waals surface area contributed by atoms with E-state index in [4.69, 9.17) is 4.74 Å². The van der Waals surface area contributed by atoms with E-state index in [-0.39, 0.29) is 18.4 Å². The zero-order valence-corrected chi connectivity index (χ0v) is 18.5. The van der Waals surface area contributed by atoms with Crippen molar-refractivity contribution in [3.05, 3.63) is 63.7 Å². The Labute approximate surface area is 180 Å². The predicted octanol–water partition coefficient (Wildman–Crippen LogP) is 4.00. The van der Waals surface area contributed by atoms with Crippen molar-refractivity contribution in [1.82, 2.24) is 10.2 Å². The second-order valence-corrected chi connectivity index (χ2v) is 7.82. The number of nitrogens with one attached hydrogen (secondary N) is 1. The summed E-state index contributed by atoms with van der Waals surface area (Å²) < 4.78 is 6.74. The number of ether oxygens (including phenoxy) is 1. The molecule has 0 heterocycles. The Morgan fingerprint density at radius 2 is 1.79 bits per heavy atom. The van der Waals surface area contributed by atoms with E-state index in [9.17, 15) is 9.59 Å². The lowest BCUT2D eigenvalue weighted by molar-refractivity contribution is -0.142. The van der Waals surface area contributed by atoms with Crippen LogP contribution in [0.25, 0.3) is 0 Å². The molecule has 0 saturated carbocycles. The number of benzene rings is 2. The van der Waals surface area contributed by atoms with E-state index < -0.39 is 6.04 Å². The van der Waals surface area contributed by atoms with Gasteiger partial charge in [0.2, 0.25) is 5.91 Å². The molecule has 150 valence electrons. The average Bonchev–Trinajstić information content (AvgIpc) is 2.71. The molecule has 0 aromatic heterocycles. The highest BCUT2D eigenvalue weighted by Gasteiger charge is 2.26. The molecule has 0 aliphatic carbocycles.